The summed E-state index contributed by atoms with van der Waals surface area (Å²) < 4.78 is 43.2. The van der Waals surface area contributed by atoms with E-state index in [0.717, 1.165) is 31.7 Å². The Kier molecular flexibility index (Phi) is 9.69. The number of esters is 1. The minimum absolute atomic E-state index is 0.0536. The number of carbonyl (C=O) groups excluding carboxylic acids is 1. The fraction of sp³-hybridized carbons (Fsp3) is 0.654. The normalized spacial score (nSPS) is 27.8. The Morgan fingerprint density at radius 1 is 1.32 bits per heavy atom. The van der Waals surface area contributed by atoms with Crippen molar-refractivity contribution >= 4 is 5.97 Å². The molecule has 1 saturated heterocycles. The highest BCUT2D eigenvalue weighted by atomic mass is 19.1. The molecule has 6 nitrogen and oxygen atoms in total. The minimum Gasteiger partial charge on any atom is -0.487 e. The topological polar surface area (TPSA) is 85.2 Å². The van der Waals surface area contributed by atoms with Gasteiger partial charge in [0.15, 0.2) is 11.6 Å². The molecule has 1 heterocycles. The number of hydrogen-bond acceptors (Lipinski definition) is 6. The molecule has 8 heteroatoms. The van der Waals surface area contributed by atoms with Crippen molar-refractivity contribution in [3.8, 4) is 5.75 Å². The summed E-state index contributed by atoms with van der Waals surface area (Å²) in [6, 6.07) is 4.80. The van der Waals surface area contributed by atoms with Gasteiger partial charge in [-0.3, -0.25) is 4.79 Å². The number of halogens is 2. The van der Waals surface area contributed by atoms with Crippen LogP contribution in [0.15, 0.2) is 18.2 Å². The van der Waals surface area contributed by atoms with Crippen molar-refractivity contribution in [3.63, 3.8) is 0 Å². The summed E-state index contributed by atoms with van der Waals surface area (Å²) in [5.74, 6) is -1.89. The molecule has 1 aliphatic heterocycles. The molecule has 6 atom stereocenters. The van der Waals surface area contributed by atoms with Crippen molar-refractivity contribution in [1.82, 2.24) is 0 Å². The lowest BCUT2D eigenvalue weighted by molar-refractivity contribution is -0.147. The molecular weight excluding hydrogens is 446 g/mol. The summed E-state index contributed by atoms with van der Waals surface area (Å²) in [6.07, 6.45) is 5.91. The maximum Gasteiger partial charge on any atom is 0.306 e. The largest absolute Gasteiger partial charge is 0.487 e. The zero-order chi connectivity index (χ0) is 24.7. The number of ether oxygens (including phenoxy) is 3. The van der Waals surface area contributed by atoms with Gasteiger partial charge in [-0.15, -0.1) is 0 Å². The molecule has 34 heavy (non-hydrogen) atoms. The summed E-state index contributed by atoms with van der Waals surface area (Å²) >= 11 is 0. The molecule has 0 spiro atoms. The molecule has 1 aliphatic carbocycles. The molecule has 1 aromatic rings. The number of aliphatic hydroxyl groups excluding tert-OH is 2. The van der Waals surface area contributed by atoms with Gasteiger partial charge in [0.05, 0.1) is 18.3 Å². The Morgan fingerprint density at radius 3 is 2.88 bits per heavy atom. The second-order valence-corrected chi connectivity index (χ2v) is 9.47. The summed E-state index contributed by atoms with van der Waals surface area (Å²) in [7, 11) is 0. The van der Waals surface area contributed by atoms with Gasteiger partial charge >= 0.3 is 5.97 Å². The highest BCUT2D eigenvalue weighted by molar-refractivity contribution is 5.69. The first-order chi connectivity index (χ1) is 16.2. The molecule has 1 saturated carbocycles. The lowest BCUT2D eigenvalue weighted by atomic mass is 9.86. The van der Waals surface area contributed by atoms with Crippen LogP contribution in [-0.2, 0) is 14.3 Å². The zero-order valence-corrected chi connectivity index (χ0v) is 19.7. The van der Waals surface area contributed by atoms with Gasteiger partial charge in [-0.1, -0.05) is 12.2 Å². The van der Waals surface area contributed by atoms with E-state index < -0.39 is 23.8 Å². The second kappa shape index (κ2) is 12.5. The average Bonchev–Trinajstić information content (AvgIpc) is 2.94. The van der Waals surface area contributed by atoms with Gasteiger partial charge in [0.1, 0.15) is 12.7 Å². The van der Waals surface area contributed by atoms with Crippen LogP contribution in [0.3, 0.4) is 0 Å². The van der Waals surface area contributed by atoms with Crippen LogP contribution in [-0.4, -0.2) is 53.8 Å². The highest BCUT2D eigenvalue weighted by Gasteiger charge is 2.43. The molecule has 2 N–H and O–H groups in total. The first-order valence-electron chi connectivity index (χ1n) is 12.0. The van der Waals surface area contributed by atoms with Gasteiger partial charge < -0.3 is 24.4 Å². The van der Waals surface area contributed by atoms with Crippen LogP contribution in [0.4, 0.5) is 8.78 Å². The van der Waals surface area contributed by atoms with Gasteiger partial charge in [-0.05, 0) is 63.5 Å². The molecule has 0 radical (unpaired) electrons. The molecule has 188 valence electrons. The molecule has 1 aromatic carbocycles. The molecule has 3 rings (SSSR count). The zero-order valence-electron chi connectivity index (χ0n) is 19.7. The van der Waals surface area contributed by atoms with Gasteiger partial charge in [-0.25, -0.2) is 0 Å². The number of fused-ring (bicyclic) bond motifs is 1. The Hall–Kier alpha value is -2.21. The molecule has 2 fully saturated rings. The molecule has 0 unspecified atom stereocenters. The van der Waals surface area contributed by atoms with Crippen molar-refractivity contribution in [2.75, 3.05) is 13.2 Å². The van der Waals surface area contributed by atoms with E-state index in [1.54, 1.807) is 6.08 Å². The van der Waals surface area contributed by atoms with E-state index in [1.165, 1.54) is 6.08 Å². The van der Waals surface area contributed by atoms with Crippen LogP contribution in [0, 0.1) is 41.5 Å². The van der Waals surface area contributed by atoms with Crippen LogP contribution >= 0.6 is 0 Å². The predicted octanol–water partition coefficient (Wildman–Crippen LogP) is 3.78. The van der Waals surface area contributed by atoms with Crippen molar-refractivity contribution in [1.29, 1.82) is 0 Å². The van der Waals surface area contributed by atoms with E-state index in [2.05, 4.69) is 0 Å². The minimum atomic E-state index is -1.05. The number of hydrogen-bond donors (Lipinski definition) is 2. The maximum atomic E-state index is 13.6. The van der Waals surface area contributed by atoms with Gasteiger partial charge in [0.25, 0.3) is 0 Å². The Bertz CT molecular complexity index is 830. The third kappa shape index (κ3) is 7.66. The number of rotatable bonds is 10. The first-order valence-corrected chi connectivity index (χ1v) is 12.0. The number of carbonyl (C=O) groups is 1. The van der Waals surface area contributed by atoms with Gasteiger partial charge in [-0.2, -0.15) is 8.78 Å². The lowest BCUT2D eigenvalue weighted by Crippen LogP contribution is -2.22. The molecule has 0 amide bonds. The third-order valence-corrected chi connectivity index (χ3v) is 6.44. The Labute approximate surface area is 199 Å². The monoisotopic (exact) mass is 480 g/mol. The fourth-order valence-corrected chi connectivity index (χ4v) is 4.78. The van der Waals surface area contributed by atoms with E-state index in [4.69, 9.17) is 14.2 Å². The van der Waals surface area contributed by atoms with E-state index in [-0.39, 0.29) is 42.4 Å². The van der Waals surface area contributed by atoms with Crippen molar-refractivity contribution < 1.29 is 38.0 Å². The van der Waals surface area contributed by atoms with Gasteiger partial charge in [0.2, 0.25) is 5.82 Å². The average molecular weight is 481 g/mol. The molecule has 0 aromatic heterocycles. The molecule has 2 aliphatic rings. The Morgan fingerprint density at radius 2 is 2.12 bits per heavy atom. The van der Waals surface area contributed by atoms with Crippen molar-refractivity contribution in [2.24, 2.45) is 17.8 Å². The first kappa shape index (κ1) is 26.4. The quantitative estimate of drug-likeness (QED) is 0.392. The molecule has 0 bridgehead atoms. The summed E-state index contributed by atoms with van der Waals surface area (Å²) in [6.45, 7) is 4.01. The third-order valence-electron chi connectivity index (χ3n) is 6.44. The lowest BCUT2D eigenvalue weighted by Gasteiger charge is -2.21. The fourth-order valence-electron chi connectivity index (χ4n) is 4.78. The SMILES string of the molecule is CC(C)OC(=O)CCC[C@H]1CC[C@@H]2[C@@H](/C=C/[C@@H](O)COc3cc(F)c#cc3F)[C@H](O)C[C@@H]2OC1. The van der Waals surface area contributed by atoms with E-state index >= 15 is 0 Å². The summed E-state index contributed by atoms with van der Waals surface area (Å²) in [4.78, 5) is 11.7. The standard InChI is InChI=1S/C26H34F2O6/c1-16(2)34-26(31)5-3-4-17-6-9-21-20(23(30)13-24(21)32-14-17)10-8-19(29)15-33-25-12-18(27)7-11-22(25)28/h8,10,12,16-17,19-21,23-24,29-30H,3-6,9,13-15H2,1-2H3/b10-8+/t17-,19+,20+,21+,23+,24-/m0/s1. The smallest absolute Gasteiger partial charge is 0.306 e. The maximum absolute atomic E-state index is 13.6. The summed E-state index contributed by atoms with van der Waals surface area (Å²) in [5.41, 5.74) is 0. The van der Waals surface area contributed by atoms with E-state index in [9.17, 15) is 23.8 Å². The second-order valence-electron chi connectivity index (χ2n) is 9.47. The van der Waals surface area contributed by atoms with Gasteiger partial charge in [0, 0.05) is 31.4 Å². The van der Waals surface area contributed by atoms with Crippen LogP contribution < -0.4 is 4.74 Å². The highest BCUT2D eigenvalue weighted by Crippen LogP contribution is 2.42. The van der Waals surface area contributed by atoms with Crippen molar-refractivity contribution in [2.45, 2.75) is 76.8 Å². The van der Waals surface area contributed by atoms with Crippen LogP contribution in [0.5, 0.6) is 5.75 Å². The number of aliphatic hydroxyl groups is 2. The predicted molar refractivity (Wildman–Crippen MR) is 120 cm³/mol. The Balaban J connectivity index is 1.47. The van der Waals surface area contributed by atoms with Crippen molar-refractivity contribution in [3.05, 3.63) is 42.0 Å². The van der Waals surface area contributed by atoms with Crippen LogP contribution in [0.1, 0.15) is 52.4 Å². The molecular formula is C26H34F2O6. The van der Waals surface area contributed by atoms with E-state index in [0.29, 0.717) is 25.4 Å². The summed E-state index contributed by atoms with van der Waals surface area (Å²) in [5, 5.41) is 20.8. The van der Waals surface area contributed by atoms with Crippen LogP contribution in [0.2, 0.25) is 0 Å². The van der Waals surface area contributed by atoms with Crippen LogP contribution in [0.25, 0.3) is 0 Å². The van der Waals surface area contributed by atoms with E-state index in [1.807, 2.05) is 26.0 Å².